The molecule has 3 aromatic heterocycles. The number of nitrogens with one attached hydrogen (secondary N) is 1. The lowest BCUT2D eigenvalue weighted by Gasteiger charge is -2.26. The van der Waals surface area contributed by atoms with Crippen molar-refractivity contribution in [2.75, 3.05) is 20.2 Å². The molecule has 2 saturated heterocycles. The average Bonchev–Trinajstić information content (AvgIpc) is 3.48. The summed E-state index contributed by atoms with van der Waals surface area (Å²) >= 11 is 0. The summed E-state index contributed by atoms with van der Waals surface area (Å²) < 4.78 is 7.44. The number of fused-ring (bicyclic) bond motifs is 4. The highest BCUT2D eigenvalue weighted by Crippen LogP contribution is 2.46. The molecule has 5 heterocycles. The van der Waals surface area contributed by atoms with Gasteiger partial charge >= 0.3 is 0 Å². The second kappa shape index (κ2) is 6.67. The highest BCUT2D eigenvalue weighted by Gasteiger charge is 2.43. The van der Waals surface area contributed by atoms with Gasteiger partial charge in [0, 0.05) is 37.1 Å². The van der Waals surface area contributed by atoms with Crippen molar-refractivity contribution < 1.29 is 9.53 Å². The molecule has 2 aliphatic heterocycles. The summed E-state index contributed by atoms with van der Waals surface area (Å²) in [5.41, 5.74) is 5.67. The van der Waals surface area contributed by atoms with Gasteiger partial charge in [0.05, 0.1) is 36.1 Å². The molecule has 3 aromatic rings. The van der Waals surface area contributed by atoms with Crippen LogP contribution in [0.15, 0.2) is 42.9 Å². The number of ether oxygens (including phenoxy) is 1. The van der Waals surface area contributed by atoms with E-state index < -0.39 is 0 Å². The van der Waals surface area contributed by atoms with Crippen LogP contribution in [0.5, 0.6) is 5.75 Å². The Kier molecular flexibility index (Phi) is 3.92. The van der Waals surface area contributed by atoms with Gasteiger partial charge in [-0.25, -0.2) is 4.52 Å². The Morgan fingerprint density at radius 3 is 2.93 bits per heavy atom. The van der Waals surface area contributed by atoms with Gasteiger partial charge in [-0.3, -0.25) is 15.1 Å². The van der Waals surface area contributed by atoms with Crippen LogP contribution < -0.4 is 10.1 Å². The van der Waals surface area contributed by atoms with Gasteiger partial charge < -0.3 is 9.64 Å². The van der Waals surface area contributed by atoms with Crippen LogP contribution >= 0.6 is 0 Å². The number of piperidine rings is 1. The quantitative estimate of drug-likeness (QED) is 0.683. The lowest BCUT2D eigenvalue weighted by atomic mass is 9.89. The minimum absolute atomic E-state index is 0.0723. The monoisotopic (exact) mass is 401 g/mol. The molecule has 1 amide bonds. The summed E-state index contributed by atoms with van der Waals surface area (Å²) in [5.74, 6) is 0.888. The molecular weight excluding hydrogens is 378 g/mol. The maximum atomic E-state index is 13.1. The minimum atomic E-state index is 0.0723. The van der Waals surface area contributed by atoms with Crippen molar-refractivity contribution in [2.24, 2.45) is 0 Å². The lowest BCUT2D eigenvalue weighted by Crippen LogP contribution is -2.35. The molecular formula is C23H23N5O2. The van der Waals surface area contributed by atoms with Crippen molar-refractivity contribution in [3.05, 3.63) is 65.2 Å². The average molecular weight is 401 g/mol. The molecule has 0 spiro atoms. The zero-order valence-corrected chi connectivity index (χ0v) is 16.8. The SMILES string of the molecule is COc1ccnc2c1C(c1ccn3ncc(C(=O)N4CCCCC4)c3c1)=C[C@@H]1NC21. The van der Waals surface area contributed by atoms with E-state index >= 15 is 0 Å². The van der Waals surface area contributed by atoms with E-state index in [1.54, 1.807) is 24.0 Å². The van der Waals surface area contributed by atoms with Crippen molar-refractivity contribution in [1.29, 1.82) is 0 Å². The van der Waals surface area contributed by atoms with Gasteiger partial charge in [0.15, 0.2) is 0 Å². The van der Waals surface area contributed by atoms with Gasteiger partial charge in [0.1, 0.15) is 5.75 Å². The first-order valence-electron chi connectivity index (χ1n) is 10.5. The third kappa shape index (κ3) is 2.65. The molecule has 1 aliphatic carbocycles. The lowest BCUT2D eigenvalue weighted by molar-refractivity contribution is 0.0726. The van der Waals surface area contributed by atoms with Gasteiger partial charge in [-0.05, 0) is 48.6 Å². The van der Waals surface area contributed by atoms with Crippen molar-refractivity contribution in [3.63, 3.8) is 0 Å². The van der Waals surface area contributed by atoms with Crippen LogP contribution in [0.4, 0.5) is 0 Å². The fraction of sp³-hybridized carbons (Fsp3) is 0.348. The first kappa shape index (κ1) is 17.7. The molecule has 2 atom stereocenters. The second-order valence-corrected chi connectivity index (χ2v) is 8.18. The van der Waals surface area contributed by atoms with Gasteiger partial charge in [-0.15, -0.1) is 0 Å². The first-order chi connectivity index (χ1) is 14.7. The fourth-order valence-electron chi connectivity index (χ4n) is 4.76. The van der Waals surface area contributed by atoms with Crippen LogP contribution in [-0.4, -0.2) is 51.6 Å². The predicted molar refractivity (Wildman–Crippen MR) is 112 cm³/mol. The van der Waals surface area contributed by atoms with E-state index in [4.69, 9.17) is 4.74 Å². The van der Waals surface area contributed by atoms with Crippen molar-refractivity contribution in [2.45, 2.75) is 31.3 Å². The molecule has 0 aromatic carbocycles. The number of carbonyl (C=O) groups excluding carboxylic acids is 1. The highest BCUT2D eigenvalue weighted by atomic mass is 16.5. The summed E-state index contributed by atoms with van der Waals surface area (Å²) in [6.07, 6.45) is 11.0. The molecule has 1 N–H and O–H groups in total. The topological polar surface area (TPSA) is 81.7 Å². The zero-order valence-electron chi connectivity index (χ0n) is 16.8. The molecule has 7 nitrogen and oxygen atoms in total. The predicted octanol–water partition coefficient (Wildman–Crippen LogP) is 2.82. The number of nitrogens with zero attached hydrogens (tertiary/aromatic N) is 4. The number of hydrogen-bond acceptors (Lipinski definition) is 5. The number of carbonyl (C=O) groups is 1. The Hall–Kier alpha value is -3.19. The van der Waals surface area contributed by atoms with E-state index in [0.29, 0.717) is 11.6 Å². The molecule has 0 saturated carbocycles. The summed E-state index contributed by atoms with van der Waals surface area (Å²) in [6, 6.07) is 6.56. The Labute approximate surface area is 174 Å². The molecule has 0 bridgehead atoms. The minimum Gasteiger partial charge on any atom is -0.496 e. The molecule has 6 rings (SSSR count). The standard InChI is InChI=1S/C23H23N5O2/c1-30-19-5-7-24-22-20(19)15(12-17-21(22)26-17)14-6-10-28-18(11-14)16(13-25-28)23(29)27-8-3-2-4-9-27/h5-7,10-13,17,21,26H,2-4,8-9H2,1H3/t17-,21?/m0/s1. The summed E-state index contributed by atoms with van der Waals surface area (Å²) in [6.45, 7) is 1.65. The van der Waals surface area contributed by atoms with Crippen LogP contribution in [0.25, 0.3) is 11.1 Å². The molecule has 7 heteroatoms. The van der Waals surface area contributed by atoms with Crippen LogP contribution in [0.2, 0.25) is 0 Å². The number of likely N-dealkylation sites (tertiary alicyclic amines) is 1. The largest absolute Gasteiger partial charge is 0.496 e. The molecule has 152 valence electrons. The Balaban J connectivity index is 1.45. The zero-order chi connectivity index (χ0) is 20.2. The first-order valence-corrected chi connectivity index (χ1v) is 10.5. The van der Waals surface area contributed by atoms with Crippen LogP contribution in [0.1, 0.15) is 52.5 Å². The Morgan fingerprint density at radius 1 is 1.23 bits per heavy atom. The van der Waals surface area contributed by atoms with E-state index in [0.717, 1.165) is 59.6 Å². The van der Waals surface area contributed by atoms with Gasteiger partial charge in [0.25, 0.3) is 5.91 Å². The van der Waals surface area contributed by atoms with E-state index in [2.05, 4.69) is 27.5 Å². The van der Waals surface area contributed by atoms with E-state index in [1.165, 1.54) is 6.42 Å². The van der Waals surface area contributed by atoms with Crippen LogP contribution in [-0.2, 0) is 0 Å². The maximum absolute atomic E-state index is 13.1. The number of methoxy groups -OCH3 is 1. The van der Waals surface area contributed by atoms with Crippen molar-refractivity contribution >= 4 is 17.0 Å². The van der Waals surface area contributed by atoms with Crippen LogP contribution in [0, 0.1) is 0 Å². The van der Waals surface area contributed by atoms with Crippen LogP contribution in [0.3, 0.4) is 0 Å². The number of rotatable bonds is 3. The second-order valence-electron chi connectivity index (χ2n) is 8.18. The Bertz CT molecular complexity index is 1190. The Morgan fingerprint density at radius 2 is 2.10 bits per heavy atom. The summed E-state index contributed by atoms with van der Waals surface area (Å²) in [7, 11) is 1.69. The molecule has 30 heavy (non-hydrogen) atoms. The van der Waals surface area contributed by atoms with E-state index in [1.807, 2.05) is 23.2 Å². The van der Waals surface area contributed by atoms with Gasteiger partial charge in [-0.2, -0.15) is 5.10 Å². The summed E-state index contributed by atoms with van der Waals surface area (Å²) in [5, 5.41) is 7.89. The van der Waals surface area contributed by atoms with Crippen molar-refractivity contribution in [1.82, 2.24) is 24.8 Å². The summed E-state index contributed by atoms with van der Waals surface area (Å²) in [4.78, 5) is 19.7. The highest BCUT2D eigenvalue weighted by molar-refractivity contribution is 6.01. The maximum Gasteiger partial charge on any atom is 0.257 e. The number of hydrogen-bond donors (Lipinski definition) is 1. The number of pyridine rings is 2. The third-order valence-electron chi connectivity index (χ3n) is 6.40. The van der Waals surface area contributed by atoms with E-state index in [9.17, 15) is 4.79 Å². The molecule has 2 fully saturated rings. The molecule has 0 radical (unpaired) electrons. The number of aromatic nitrogens is 3. The van der Waals surface area contributed by atoms with Crippen molar-refractivity contribution in [3.8, 4) is 5.75 Å². The van der Waals surface area contributed by atoms with E-state index in [-0.39, 0.29) is 11.9 Å². The van der Waals surface area contributed by atoms with Gasteiger partial charge in [-0.1, -0.05) is 6.08 Å². The molecule has 3 aliphatic rings. The van der Waals surface area contributed by atoms with Gasteiger partial charge in [0.2, 0.25) is 0 Å². The normalized spacial score (nSPS) is 22.3. The smallest absolute Gasteiger partial charge is 0.257 e. The number of amides is 1. The third-order valence-corrected chi connectivity index (χ3v) is 6.40. The molecule has 1 unspecified atom stereocenters. The fourth-order valence-corrected chi connectivity index (χ4v) is 4.76.